The molecule has 1 N–H and O–H groups in total. The van der Waals surface area contributed by atoms with Crippen LogP contribution in [-0.2, 0) is 29.7 Å². The van der Waals surface area contributed by atoms with Crippen molar-refractivity contribution < 1.29 is 12.8 Å². The van der Waals surface area contributed by atoms with Crippen LogP contribution in [0.3, 0.4) is 0 Å². The predicted molar refractivity (Wildman–Crippen MR) is 83.5 cm³/mol. The van der Waals surface area contributed by atoms with E-state index in [4.69, 9.17) is 4.42 Å². The quantitative estimate of drug-likeness (QED) is 0.830. The summed E-state index contributed by atoms with van der Waals surface area (Å²) in [7, 11) is 0.329. The van der Waals surface area contributed by atoms with Gasteiger partial charge in [0.2, 0.25) is 10.0 Å². The monoisotopic (exact) mass is 326 g/mol. The lowest BCUT2D eigenvalue weighted by atomic mass is 10.2. The van der Waals surface area contributed by atoms with Crippen molar-refractivity contribution in [1.29, 1.82) is 0 Å². The minimum atomic E-state index is -3.20. The summed E-state index contributed by atoms with van der Waals surface area (Å²) in [5.74, 6) is 1.44. The summed E-state index contributed by atoms with van der Waals surface area (Å²) in [6, 6.07) is 3.69. The van der Waals surface area contributed by atoms with Crippen LogP contribution in [-0.4, -0.2) is 48.2 Å². The molecular formula is C14H22N4O3S. The molecule has 7 nitrogen and oxygen atoms in total. The number of aromatic nitrogens is 2. The molecule has 0 aliphatic carbocycles. The van der Waals surface area contributed by atoms with E-state index in [1.54, 1.807) is 0 Å². The summed E-state index contributed by atoms with van der Waals surface area (Å²) in [5, 5.41) is 6.92. The Hall–Kier alpha value is -1.64. The van der Waals surface area contributed by atoms with E-state index < -0.39 is 10.0 Å². The first-order valence-corrected chi connectivity index (χ1v) is 8.77. The average molecular weight is 326 g/mol. The van der Waals surface area contributed by atoms with Crippen LogP contribution in [0.25, 0.3) is 0 Å². The average Bonchev–Trinajstić information content (AvgIpc) is 2.99. The Morgan fingerprint density at radius 3 is 2.36 bits per heavy atom. The van der Waals surface area contributed by atoms with E-state index in [-0.39, 0.29) is 6.54 Å². The summed E-state index contributed by atoms with van der Waals surface area (Å²) in [4.78, 5) is 2.11. The van der Waals surface area contributed by atoms with Gasteiger partial charge >= 0.3 is 0 Å². The first-order valence-electron chi connectivity index (χ1n) is 6.92. The highest BCUT2D eigenvalue weighted by molar-refractivity contribution is 7.88. The van der Waals surface area contributed by atoms with Crippen LogP contribution in [0, 0.1) is 6.92 Å². The molecule has 8 heteroatoms. The number of rotatable bonds is 7. The number of aromatic amines is 1. The third kappa shape index (κ3) is 4.43. The van der Waals surface area contributed by atoms with E-state index in [2.05, 4.69) is 15.1 Å². The number of nitrogens with zero attached hydrogens (tertiary/aromatic N) is 3. The molecule has 2 heterocycles. The van der Waals surface area contributed by atoms with Crippen molar-refractivity contribution in [3.8, 4) is 0 Å². The Balaban J connectivity index is 1.93. The van der Waals surface area contributed by atoms with Gasteiger partial charge in [-0.25, -0.2) is 8.42 Å². The Bertz CT molecular complexity index is 720. The summed E-state index contributed by atoms with van der Waals surface area (Å²) in [5.41, 5.74) is 2.20. The van der Waals surface area contributed by atoms with Crippen LogP contribution in [0.4, 0.5) is 0 Å². The molecule has 0 fully saturated rings. The van der Waals surface area contributed by atoms with Crippen molar-refractivity contribution in [2.24, 2.45) is 0 Å². The van der Waals surface area contributed by atoms with Crippen LogP contribution in [0.15, 0.2) is 22.7 Å². The van der Waals surface area contributed by atoms with Crippen LogP contribution in [0.1, 0.15) is 22.8 Å². The maximum atomic E-state index is 11.4. The molecule has 122 valence electrons. The second-order valence-corrected chi connectivity index (χ2v) is 7.67. The van der Waals surface area contributed by atoms with Gasteiger partial charge in [-0.15, -0.1) is 0 Å². The summed E-state index contributed by atoms with van der Waals surface area (Å²) in [6.45, 7) is 3.64. The van der Waals surface area contributed by atoms with Crippen LogP contribution >= 0.6 is 0 Å². The molecule has 0 spiro atoms. The van der Waals surface area contributed by atoms with E-state index in [0.29, 0.717) is 12.3 Å². The third-order valence-electron chi connectivity index (χ3n) is 3.46. The number of aryl methyl sites for hydroxylation is 1. The summed E-state index contributed by atoms with van der Waals surface area (Å²) >= 11 is 0. The molecule has 0 unspecified atom stereocenters. The minimum absolute atomic E-state index is 0.239. The predicted octanol–water partition coefficient (Wildman–Crippen LogP) is 1.33. The van der Waals surface area contributed by atoms with Gasteiger partial charge in [0, 0.05) is 24.8 Å². The van der Waals surface area contributed by atoms with Gasteiger partial charge in [-0.2, -0.15) is 9.40 Å². The zero-order valence-electron chi connectivity index (χ0n) is 13.3. The molecule has 0 saturated carbocycles. The number of hydrogen-bond acceptors (Lipinski definition) is 5. The third-order valence-corrected chi connectivity index (χ3v) is 4.72. The van der Waals surface area contributed by atoms with Gasteiger partial charge in [0.15, 0.2) is 0 Å². The molecular weight excluding hydrogens is 304 g/mol. The zero-order valence-corrected chi connectivity index (χ0v) is 14.1. The van der Waals surface area contributed by atoms with Crippen molar-refractivity contribution in [2.45, 2.75) is 26.6 Å². The smallest absolute Gasteiger partial charge is 0.211 e. The molecule has 2 aromatic heterocycles. The van der Waals surface area contributed by atoms with Crippen molar-refractivity contribution in [1.82, 2.24) is 19.4 Å². The van der Waals surface area contributed by atoms with E-state index in [9.17, 15) is 8.42 Å². The molecule has 0 aliphatic heterocycles. The van der Waals surface area contributed by atoms with Gasteiger partial charge in [0.1, 0.15) is 11.5 Å². The number of sulfonamides is 1. The standard InChI is InChI=1S/C14H22N4O3S/c1-11-12(7-15-16-11)8-17(2)9-13-5-6-14(21-13)10-18(3)22(4,19)20/h5-7H,8-10H2,1-4H3,(H,15,16). The van der Waals surface area contributed by atoms with Crippen LogP contribution in [0.2, 0.25) is 0 Å². The molecule has 2 aromatic rings. The fraction of sp³-hybridized carbons (Fsp3) is 0.500. The zero-order chi connectivity index (χ0) is 16.3. The first kappa shape index (κ1) is 16.7. The number of furan rings is 1. The molecule has 2 rings (SSSR count). The largest absolute Gasteiger partial charge is 0.463 e. The molecule has 0 amide bonds. The highest BCUT2D eigenvalue weighted by Gasteiger charge is 2.14. The maximum Gasteiger partial charge on any atom is 0.211 e. The van der Waals surface area contributed by atoms with Gasteiger partial charge in [0.05, 0.1) is 25.5 Å². The van der Waals surface area contributed by atoms with E-state index in [1.165, 1.54) is 17.6 Å². The Morgan fingerprint density at radius 1 is 1.18 bits per heavy atom. The highest BCUT2D eigenvalue weighted by atomic mass is 32.2. The lowest BCUT2D eigenvalue weighted by molar-refractivity contribution is 0.279. The van der Waals surface area contributed by atoms with Gasteiger partial charge < -0.3 is 4.42 Å². The van der Waals surface area contributed by atoms with Gasteiger partial charge in [-0.1, -0.05) is 0 Å². The van der Waals surface area contributed by atoms with Crippen LogP contribution in [0.5, 0.6) is 0 Å². The van der Waals surface area contributed by atoms with Gasteiger partial charge in [-0.3, -0.25) is 10.00 Å². The molecule has 0 radical (unpaired) electrons. The Morgan fingerprint density at radius 2 is 1.82 bits per heavy atom. The normalized spacial score (nSPS) is 12.5. The number of hydrogen-bond donors (Lipinski definition) is 1. The second kappa shape index (κ2) is 6.64. The molecule has 0 aliphatic rings. The molecule has 0 saturated heterocycles. The fourth-order valence-corrected chi connectivity index (χ4v) is 2.44. The minimum Gasteiger partial charge on any atom is -0.463 e. The van der Waals surface area contributed by atoms with Crippen LogP contribution < -0.4 is 0 Å². The molecule has 22 heavy (non-hydrogen) atoms. The van der Waals surface area contributed by atoms with Gasteiger partial charge in [-0.05, 0) is 26.1 Å². The fourth-order valence-electron chi connectivity index (χ4n) is 2.08. The number of nitrogens with one attached hydrogen (secondary N) is 1. The van der Waals surface area contributed by atoms with E-state index >= 15 is 0 Å². The molecule has 0 bridgehead atoms. The van der Waals surface area contributed by atoms with Gasteiger partial charge in [0.25, 0.3) is 0 Å². The number of H-pyrrole nitrogens is 1. The molecule has 0 aromatic carbocycles. The van der Waals surface area contributed by atoms with Crippen molar-refractivity contribution in [2.75, 3.05) is 20.4 Å². The lowest BCUT2D eigenvalue weighted by Gasteiger charge is -2.15. The van der Waals surface area contributed by atoms with Crippen molar-refractivity contribution >= 4 is 10.0 Å². The van der Waals surface area contributed by atoms with E-state index in [0.717, 1.165) is 23.6 Å². The maximum absolute atomic E-state index is 11.4. The topological polar surface area (TPSA) is 82.4 Å². The Kier molecular flexibility index (Phi) is 5.05. The highest BCUT2D eigenvalue weighted by Crippen LogP contribution is 2.14. The molecule has 0 atom stereocenters. The van der Waals surface area contributed by atoms with E-state index in [1.807, 2.05) is 32.3 Å². The summed E-state index contributed by atoms with van der Waals surface area (Å²) < 4.78 is 29.8. The SMILES string of the molecule is Cc1[nH]ncc1CN(C)Cc1ccc(CN(C)S(C)(=O)=O)o1. The Labute approximate surface area is 131 Å². The summed E-state index contributed by atoms with van der Waals surface area (Å²) in [6.07, 6.45) is 3.00. The van der Waals surface area contributed by atoms with Crippen molar-refractivity contribution in [3.05, 3.63) is 41.1 Å². The van der Waals surface area contributed by atoms with Crippen molar-refractivity contribution in [3.63, 3.8) is 0 Å². The first-order chi connectivity index (χ1) is 10.3. The lowest BCUT2D eigenvalue weighted by Crippen LogP contribution is -2.24. The second-order valence-electron chi connectivity index (χ2n) is 5.58.